The van der Waals surface area contributed by atoms with Crippen molar-refractivity contribution in [3.05, 3.63) is 95.3 Å². The van der Waals surface area contributed by atoms with Gasteiger partial charge in [-0.2, -0.15) is 0 Å². The molecule has 2 atom stereocenters. The molecular weight excluding hydrogens is 529 g/mol. The average Bonchev–Trinajstić information content (AvgIpc) is 3.01. The Kier molecular flexibility index (Phi) is 12.8. The number of allylic oxidation sites excluding steroid dienone is 2. The third-order valence-electron chi connectivity index (χ3n) is 8.69. The Bertz CT molecular complexity index is 1270. The molecule has 1 nitrogen and oxygen atoms in total. The summed E-state index contributed by atoms with van der Waals surface area (Å²) >= 11 is 0. The predicted octanol–water partition coefficient (Wildman–Crippen LogP) is 11.7. The van der Waals surface area contributed by atoms with E-state index in [-0.39, 0.29) is 23.4 Å². The van der Waals surface area contributed by atoms with Crippen molar-refractivity contribution < 1.29 is 17.9 Å². The first-order valence-electron chi connectivity index (χ1n) is 16.1. The van der Waals surface area contributed by atoms with Gasteiger partial charge in [-0.05, 0) is 73.8 Å². The number of halogens is 3. The summed E-state index contributed by atoms with van der Waals surface area (Å²) in [7, 11) is 0. The Labute approximate surface area is 251 Å². The van der Waals surface area contributed by atoms with Gasteiger partial charge < -0.3 is 4.74 Å². The van der Waals surface area contributed by atoms with Crippen LogP contribution in [-0.4, -0.2) is 12.7 Å². The third kappa shape index (κ3) is 8.83. The van der Waals surface area contributed by atoms with E-state index in [1.165, 1.54) is 32.1 Å². The molecule has 3 aromatic carbocycles. The molecule has 0 aromatic heterocycles. The zero-order valence-electron chi connectivity index (χ0n) is 25.4. The monoisotopic (exact) mass is 576 g/mol. The van der Waals surface area contributed by atoms with Crippen molar-refractivity contribution in [3.8, 4) is 22.3 Å². The lowest BCUT2D eigenvalue weighted by molar-refractivity contribution is -0.000225. The van der Waals surface area contributed by atoms with Gasteiger partial charge in [-0.25, -0.2) is 13.2 Å². The number of benzene rings is 3. The summed E-state index contributed by atoms with van der Waals surface area (Å²) in [5.41, 5.74) is 3.42. The van der Waals surface area contributed by atoms with Gasteiger partial charge in [0.25, 0.3) is 0 Å². The van der Waals surface area contributed by atoms with Crippen molar-refractivity contribution >= 4 is 0 Å². The van der Waals surface area contributed by atoms with Crippen LogP contribution in [0.1, 0.15) is 108 Å². The molecule has 1 aliphatic rings. The molecule has 2 unspecified atom stereocenters. The van der Waals surface area contributed by atoms with Crippen LogP contribution in [0.2, 0.25) is 0 Å². The number of ether oxygens (including phenoxy) is 1. The van der Waals surface area contributed by atoms with E-state index in [0.29, 0.717) is 35.3 Å². The second-order valence-electron chi connectivity index (χ2n) is 11.8. The highest BCUT2D eigenvalue weighted by molar-refractivity contribution is 5.71. The van der Waals surface area contributed by atoms with Gasteiger partial charge in [-0.15, -0.1) is 0 Å². The lowest BCUT2D eigenvalue weighted by Gasteiger charge is -2.29. The van der Waals surface area contributed by atoms with Gasteiger partial charge in [0.2, 0.25) is 0 Å². The summed E-state index contributed by atoms with van der Waals surface area (Å²) in [5, 5.41) is 0. The van der Waals surface area contributed by atoms with Gasteiger partial charge >= 0.3 is 0 Å². The number of aryl methyl sites for hydroxylation is 1. The SMILES string of the molecule is CC=CCCC1CCC(c2ccc(-c3ccc(-c4ccc(CCCCCCCCCC)c(F)c4F)cc3)c(F)c2)CO1. The van der Waals surface area contributed by atoms with Crippen LogP contribution in [-0.2, 0) is 11.2 Å². The normalized spacial score (nSPS) is 17.3. The molecule has 1 aliphatic heterocycles. The molecule has 0 bridgehead atoms. The molecule has 0 saturated carbocycles. The van der Waals surface area contributed by atoms with E-state index >= 15 is 8.78 Å². The Hall–Kier alpha value is -2.85. The Morgan fingerprint density at radius 2 is 1.43 bits per heavy atom. The highest BCUT2D eigenvalue weighted by atomic mass is 19.2. The molecule has 0 aliphatic carbocycles. The zero-order chi connectivity index (χ0) is 29.7. The van der Waals surface area contributed by atoms with E-state index < -0.39 is 11.6 Å². The van der Waals surface area contributed by atoms with E-state index in [1.54, 1.807) is 42.5 Å². The second-order valence-corrected chi connectivity index (χ2v) is 11.8. The van der Waals surface area contributed by atoms with Crippen molar-refractivity contribution in [2.24, 2.45) is 0 Å². The molecule has 0 radical (unpaired) electrons. The van der Waals surface area contributed by atoms with Gasteiger partial charge in [0.15, 0.2) is 11.6 Å². The van der Waals surface area contributed by atoms with Gasteiger partial charge in [0.05, 0.1) is 12.7 Å². The third-order valence-corrected chi connectivity index (χ3v) is 8.69. The first-order chi connectivity index (χ1) is 20.5. The minimum absolute atomic E-state index is 0.199. The van der Waals surface area contributed by atoms with Gasteiger partial charge in [0, 0.05) is 17.0 Å². The van der Waals surface area contributed by atoms with Gasteiger partial charge in [0.1, 0.15) is 5.82 Å². The molecule has 3 aromatic rings. The van der Waals surface area contributed by atoms with E-state index in [9.17, 15) is 4.39 Å². The van der Waals surface area contributed by atoms with Crippen LogP contribution in [0, 0.1) is 17.5 Å². The maximum Gasteiger partial charge on any atom is 0.166 e. The van der Waals surface area contributed by atoms with Crippen LogP contribution in [0.25, 0.3) is 22.3 Å². The largest absolute Gasteiger partial charge is 0.378 e. The minimum Gasteiger partial charge on any atom is -0.378 e. The summed E-state index contributed by atoms with van der Waals surface area (Å²) in [5.74, 6) is -1.64. The van der Waals surface area contributed by atoms with E-state index in [4.69, 9.17) is 4.74 Å². The Morgan fingerprint density at radius 1 is 0.762 bits per heavy atom. The van der Waals surface area contributed by atoms with E-state index in [0.717, 1.165) is 50.5 Å². The van der Waals surface area contributed by atoms with Gasteiger partial charge in [-0.3, -0.25) is 0 Å². The first-order valence-corrected chi connectivity index (χ1v) is 16.1. The average molecular weight is 577 g/mol. The van der Waals surface area contributed by atoms with Crippen LogP contribution in [0.3, 0.4) is 0 Å². The maximum atomic E-state index is 15.2. The number of rotatable bonds is 15. The molecule has 226 valence electrons. The second kappa shape index (κ2) is 16.7. The van der Waals surface area contributed by atoms with E-state index in [1.807, 2.05) is 19.1 Å². The summed E-state index contributed by atoms with van der Waals surface area (Å²) in [6.07, 6.45) is 18.5. The summed E-state index contributed by atoms with van der Waals surface area (Å²) in [6.45, 7) is 4.86. The standard InChI is InChI=1S/C38H47F3O/c1-3-5-7-8-9-10-11-13-14-30-21-25-35(38(41)37(30)40)29-18-16-28(17-19-29)34-24-22-31(26-36(34)39)32-20-23-33(42-27-32)15-12-6-4-2/h4,6,16-19,21-22,24-26,32-33H,3,5,7-15,20,23,27H2,1-2H3. The lowest BCUT2D eigenvalue weighted by atomic mass is 9.89. The fourth-order valence-corrected chi connectivity index (χ4v) is 6.05. The van der Waals surface area contributed by atoms with Crippen LogP contribution in [0.4, 0.5) is 13.2 Å². The molecule has 1 fully saturated rings. The molecule has 1 heterocycles. The summed E-state index contributed by atoms with van der Waals surface area (Å²) in [4.78, 5) is 0. The summed E-state index contributed by atoms with van der Waals surface area (Å²) in [6, 6.07) is 15.8. The predicted molar refractivity (Wildman–Crippen MR) is 169 cm³/mol. The molecule has 4 heteroatoms. The van der Waals surface area contributed by atoms with Crippen molar-refractivity contribution in [2.75, 3.05) is 6.61 Å². The summed E-state index contributed by atoms with van der Waals surface area (Å²) < 4.78 is 51.2. The van der Waals surface area contributed by atoms with Gasteiger partial charge in [-0.1, -0.05) is 113 Å². The lowest BCUT2D eigenvalue weighted by Crippen LogP contribution is -2.24. The highest BCUT2D eigenvalue weighted by Gasteiger charge is 2.23. The van der Waals surface area contributed by atoms with Crippen LogP contribution in [0.15, 0.2) is 66.7 Å². The quantitative estimate of drug-likeness (QED) is 0.129. The highest BCUT2D eigenvalue weighted by Crippen LogP contribution is 2.34. The van der Waals surface area contributed by atoms with Crippen molar-refractivity contribution in [3.63, 3.8) is 0 Å². The minimum atomic E-state index is -0.811. The molecule has 0 spiro atoms. The zero-order valence-corrected chi connectivity index (χ0v) is 25.4. The molecule has 42 heavy (non-hydrogen) atoms. The van der Waals surface area contributed by atoms with Crippen LogP contribution < -0.4 is 0 Å². The molecule has 0 N–H and O–H groups in total. The first kappa shape index (κ1) is 32.1. The molecule has 0 amide bonds. The Morgan fingerprint density at radius 3 is 2.07 bits per heavy atom. The smallest absolute Gasteiger partial charge is 0.166 e. The van der Waals surface area contributed by atoms with Crippen molar-refractivity contribution in [1.29, 1.82) is 0 Å². The number of hydrogen-bond donors (Lipinski definition) is 0. The topological polar surface area (TPSA) is 9.23 Å². The number of unbranched alkanes of at least 4 members (excludes halogenated alkanes) is 7. The van der Waals surface area contributed by atoms with Crippen LogP contribution in [0.5, 0.6) is 0 Å². The fourth-order valence-electron chi connectivity index (χ4n) is 6.05. The Balaban J connectivity index is 1.33. The van der Waals surface area contributed by atoms with Crippen molar-refractivity contribution in [1.82, 2.24) is 0 Å². The molecular formula is C38H47F3O. The van der Waals surface area contributed by atoms with E-state index in [2.05, 4.69) is 19.1 Å². The molecule has 1 saturated heterocycles. The van der Waals surface area contributed by atoms with Crippen molar-refractivity contribution in [2.45, 2.75) is 109 Å². The fraction of sp³-hybridized carbons (Fsp3) is 0.474. The van der Waals surface area contributed by atoms with Crippen LogP contribution >= 0.6 is 0 Å². The number of hydrogen-bond acceptors (Lipinski definition) is 1. The molecule has 4 rings (SSSR count). The maximum absolute atomic E-state index is 15.2.